The highest BCUT2D eigenvalue weighted by molar-refractivity contribution is 5.80. The summed E-state index contributed by atoms with van der Waals surface area (Å²) in [6.07, 6.45) is 3.58. The highest BCUT2D eigenvalue weighted by Crippen LogP contribution is 2.32. The van der Waals surface area contributed by atoms with Crippen LogP contribution in [0.4, 0.5) is 0 Å². The van der Waals surface area contributed by atoms with E-state index < -0.39 is 11.5 Å². The fourth-order valence-corrected chi connectivity index (χ4v) is 2.53. The van der Waals surface area contributed by atoms with Crippen LogP contribution >= 0.6 is 0 Å². The molecule has 104 valence electrons. The molecule has 1 fully saturated rings. The van der Waals surface area contributed by atoms with E-state index in [1.807, 2.05) is 13.8 Å². The van der Waals surface area contributed by atoms with Crippen molar-refractivity contribution in [2.75, 3.05) is 13.1 Å². The van der Waals surface area contributed by atoms with Gasteiger partial charge in [-0.2, -0.15) is 0 Å². The van der Waals surface area contributed by atoms with Gasteiger partial charge in [-0.25, -0.2) is 0 Å². The second-order valence-corrected chi connectivity index (χ2v) is 5.26. The van der Waals surface area contributed by atoms with Crippen molar-refractivity contribution in [2.24, 2.45) is 5.92 Å². The topological polar surface area (TPSA) is 78.4 Å². The molecule has 5 heteroatoms. The number of carbonyl (C=O) groups excluding carboxylic acids is 1. The number of carboxylic acids is 1. The average Bonchev–Trinajstić information content (AvgIpc) is 2.72. The second kappa shape index (κ2) is 6.73. The number of hydrogen-bond donors (Lipinski definition) is 3. The summed E-state index contributed by atoms with van der Waals surface area (Å²) in [5, 5.41) is 15.1. The van der Waals surface area contributed by atoms with Gasteiger partial charge in [0.25, 0.3) is 0 Å². The van der Waals surface area contributed by atoms with Crippen LogP contribution in [0.15, 0.2) is 0 Å². The first-order valence-corrected chi connectivity index (χ1v) is 6.73. The minimum absolute atomic E-state index is 0.0344. The summed E-state index contributed by atoms with van der Waals surface area (Å²) in [5.41, 5.74) is -0.511. The molecule has 0 radical (unpaired) electrons. The third-order valence-corrected chi connectivity index (χ3v) is 3.59. The summed E-state index contributed by atoms with van der Waals surface area (Å²) < 4.78 is 0. The van der Waals surface area contributed by atoms with E-state index in [4.69, 9.17) is 5.11 Å². The van der Waals surface area contributed by atoms with Crippen LogP contribution in [0.5, 0.6) is 0 Å². The number of hydrogen-bond acceptors (Lipinski definition) is 3. The Hall–Kier alpha value is -1.10. The van der Waals surface area contributed by atoms with Gasteiger partial charge in [-0.05, 0) is 19.4 Å². The molecule has 0 aromatic carbocycles. The number of carboxylic acid groups (broad SMARTS) is 1. The molecule has 1 atom stereocenters. The maximum atomic E-state index is 12.0. The molecule has 0 aromatic heterocycles. The summed E-state index contributed by atoms with van der Waals surface area (Å²) >= 11 is 0. The molecular formula is C13H24N2O3. The highest BCUT2D eigenvalue weighted by Gasteiger charge is 2.38. The van der Waals surface area contributed by atoms with Gasteiger partial charge in [0, 0.05) is 12.5 Å². The van der Waals surface area contributed by atoms with E-state index in [2.05, 4.69) is 10.6 Å². The van der Waals surface area contributed by atoms with Crippen molar-refractivity contribution in [1.29, 1.82) is 0 Å². The van der Waals surface area contributed by atoms with Gasteiger partial charge >= 0.3 is 5.97 Å². The average molecular weight is 256 g/mol. The molecule has 0 aromatic rings. The Balaban J connectivity index is 2.55. The monoisotopic (exact) mass is 256 g/mol. The molecule has 1 rings (SSSR count). The van der Waals surface area contributed by atoms with E-state index in [-0.39, 0.29) is 18.2 Å². The lowest BCUT2D eigenvalue weighted by atomic mass is 9.92. The third-order valence-electron chi connectivity index (χ3n) is 3.59. The van der Waals surface area contributed by atoms with E-state index >= 15 is 0 Å². The molecule has 1 amide bonds. The van der Waals surface area contributed by atoms with Gasteiger partial charge in [0.15, 0.2) is 0 Å². The van der Waals surface area contributed by atoms with E-state index in [9.17, 15) is 9.59 Å². The molecule has 0 spiro atoms. The van der Waals surface area contributed by atoms with Crippen LogP contribution in [-0.4, -0.2) is 35.6 Å². The maximum absolute atomic E-state index is 12.0. The first-order chi connectivity index (χ1) is 8.49. The number of nitrogens with one attached hydrogen (secondary N) is 2. The lowest BCUT2D eigenvalue weighted by Crippen LogP contribution is -2.50. The van der Waals surface area contributed by atoms with Crippen LogP contribution in [-0.2, 0) is 9.59 Å². The fourth-order valence-electron chi connectivity index (χ4n) is 2.53. The third kappa shape index (κ3) is 4.29. The van der Waals surface area contributed by atoms with Gasteiger partial charge in [-0.1, -0.05) is 26.7 Å². The Morgan fingerprint density at radius 2 is 1.94 bits per heavy atom. The Labute approximate surface area is 108 Å². The van der Waals surface area contributed by atoms with Crippen LogP contribution < -0.4 is 10.6 Å². The van der Waals surface area contributed by atoms with Crippen LogP contribution in [0, 0.1) is 5.92 Å². The Bertz CT molecular complexity index is 299. The summed E-state index contributed by atoms with van der Waals surface area (Å²) in [4.78, 5) is 23.0. The molecule has 1 saturated carbocycles. The lowest BCUT2D eigenvalue weighted by Gasteiger charge is -2.30. The van der Waals surface area contributed by atoms with Gasteiger partial charge in [0.2, 0.25) is 5.91 Å². The maximum Gasteiger partial charge on any atom is 0.305 e. The van der Waals surface area contributed by atoms with Gasteiger partial charge in [-0.3, -0.25) is 9.59 Å². The largest absolute Gasteiger partial charge is 0.481 e. The van der Waals surface area contributed by atoms with Crippen molar-refractivity contribution in [3.05, 3.63) is 0 Å². The van der Waals surface area contributed by atoms with Gasteiger partial charge in [0.05, 0.1) is 12.0 Å². The normalized spacial score (nSPS) is 19.4. The summed E-state index contributed by atoms with van der Waals surface area (Å²) in [5.74, 6) is -1.01. The zero-order valence-corrected chi connectivity index (χ0v) is 11.3. The molecule has 18 heavy (non-hydrogen) atoms. The predicted octanol–water partition coefficient (Wildman–Crippen LogP) is 1.14. The van der Waals surface area contributed by atoms with Gasteiger partial charge in [0.1, 0.15) is 0 Å². The molecule has 1 unspecified atom stereocenters. The molecule has 1 aliphatic carbocycles. The molecule has 0 bridgehead atoms. The van der Waals surface area contributed by atoms with Gasteiger partial charge in [-0.15, -0.1) is 0 Å². The van der Waals surface area contributed by atoms with E-state index in [1.54, 1.807) is 0 Å². The minimum Gasteiger partial charge on any atom is -0.481 e. The SMILES string of the molecule is CCNCC(C)C(=O)NC1(CC(=O)O)CCCC1. The smallest absolute Gasteiger partial charge is 0.305 e. The van der Waals surface area contributed by atoms with Crippen LogP contribution in [0.1, 0.15) is 46.0 Å². The van der Waals surface area contributed by atoms with Crippen molar-refractivity contribution in [3.8, 4) is 0 Å². The first kappa shape index (κ1) is 15.0. The Morgan fingerprint density at radius 3 is 2.44 bits per heavy atom. The quantitative estimate of drug-likeness (QED) is 0.638. The van der Waals surface area contributed by atoms with Gasteiger partial charge < -0.3 is 15.7 Å². The molecule has 3 N–H and O–H groups in total. The number of carbonyl (C=O) groups is 2. The first-order valence-electron chi connectivity index (χ1n) is 6.73. The highest BCUT2D eigenvalue weighted by atomic mass is 16.4. The van der Waals surface area contributed by atoms with E-state index in [0.29, 0.717) is 6.54 Å². The van der Waals surface area contributed by atoms with Crippen molar-refractivity contribution < 1.29 is 14.7 Å². The lowest BCUT2D eigenvalue weighted by molar-refractivity contribution is -0.139. The zero-order valence-electron chi connectivity index (χ0n) is 11.3. The Kier molecular flexibility index (Phi) is 5.59. The minimum atomic E-state index is -0.837. The summed E-state index contributed by atoms with van der Waals surface area (Å²) in [7, 11) is 0. The van der Waals surface area contributed by atoms with Crippen LogP contribution in [0.25, 0.3) is 0 Å². The number of aliphatic carboxylic acids is 1. The molecule has 1 aliphatic rings. The Morgan fingerprint density at radius 1 is 1.33 bits per heavy atom. The fraction of sp³-hybridized carbons (Fsp3) is 0.846. The zero-order chi connectivity index (χ0) is 13.6. The standard InChI is InChI=1S/C13H24N2O3/c1-3-14-9-10(2)12(18)15-13(8-11(16)17)6-4-5-7-13/h10,14H,3-9H2,1-2H3,(H,15,18)(H,16,17). The van der Waals surface area contributed by atoms with Crippen molar-refractivity contribution in [2.45, 2.75) is 51.5 Å². The second-order valence-electron chi connectivity index (χ2n) is 5.26. The van der Waals surface area contributed by atoms with Crippen molar-refractivity contribution >= 4 is 11.9 Å². The number of amides is 1. The van der Waals surface area contributed by atoms with Crippen molar-refractivity contribution in [1.82, 2.24) is 10.6 Å². The van der Waals surface area contributed by atoms with Crippen molar-refractivity contribution in [3.63, 3.8) is 0 Å². The van der Waals surface area contributed by atoms with Crippen LogP contribution in [0.2, 0.25) is 0 Å². The summed E-state index contributed by atoms with van der Waals surface area (Å²) in [6.45, 7) is 5.32. The molecule has 0 heterocycles. The number of rotatable bonds is 7. The van der Waals surface area contributed by atoms with E-state index in [0.717, 1.165) is 32.2 Å². The summed E-state index contributed by atoms with van der Waals surface area (Å²) in [6, 6.07) is 0. The van der Waals surface area contributed by atoms with Crippen LogP contribution in [0.3, 0.4) is 0 Å². The molecule has 0 aliphatic heterocycles. The molecular weight excluding hydrogens is 232 g/mol. The molecule has 0 saturated heterocycles. The van der Waals surface area contributed by atoms with E-state index in [1.165, 1.54) is 0 Å². The molecule has 5 nitrogen and oxygen atoms in total. The predicted molar refractivity (Wildman–Crippen MR) is 69.3 cm³/mol.